The largest absolute Gasteiger partial charge is 0.478 e. The number of carbonyl (C=O) groups is 2. The van der Waals surface area contributed by atoms with Crippen molar-refractivity contribution in [2.24, 2.45) is 0 Å². The Labute approximate surface area is 125 Å². The van der Waals surface area contributed by atoms with Gasteiger partial charge in [0.05, 0.1) is 5.56 Å². The van der Waals surface area contributed by atoms with E-state index < -0.39 is 5.97 Å². The number of nitrogens with one attached hydrogen (secondary N) is 2. The minimum atomic E-state index is -0.944. The molecule has 0 radical (unpaired) electrons. The highest BCUT2D eigenvalue weighted by Crippen LogP contribution is 2.05. The van der Waals surface area contributed by atoms with Gasteiger partial charge >= 0.3 is 12.0 Å². The molecule has 1 aromatic carbocycles. The second-order valence-electron chi connectivity index (χ2n) is 5.32. The van der Waals surface area contributed by atoms with Gasteiger partial charge in [0.15, 0.2) is 0 Å². The lowest BCUT2D eigenvalue weighted by molar-refractivity contribution is 0.0696. The molecule has 2 amide bonds. The van der Waals surface area contributed by atoms with Gasteiger partial charge in [-0.15, -0.1) is 0 Å². The molecular formula is C15H23N3O3. The van der Waals surface area contributed by atoms with Gasteiger partial charge in [0.2, 0.25) is 0 Å². The van der Waals surface area contributed by atoms with E-state index in [1.54, 1.807) is 18.2 Å². The summed E-state index contributed by atoms with van der Waals surface area (Å²) in [5, 5.41) is 14.5. The molecule has 1 unspecified atom stereocenters. The van der Waals surface area contributed by atoms with Crippen molar-refractivity contribution in [1.82, 2.24) is 15.5 Å². The first-order valence-corrected chi connectivity index (χ1v) is 6.90. The molecule has 0 spiro atoms. The minimum Gasteiger partial charge on any atom is -0.478 e. The molecule has 1 rings (SSSR count). The standard InChI is InChI=1S/C15H23N3O3/c1-11(10-18(2)3)17-15(21)16-8-7-12-5-4-6-13(9-12)14(19)20/h4-6,9,11H,7-8,10H2,1-3H3,(H,19,20)(H2,16,17,21). The maximum atomic E-state index is 11.7. The topological polar surface area (TPSA) is 81.7 Å². The number of hydrogen-bond acceptors (Lipinski definition) is 3. The molecule has 0 bridgehead atoms. The van der Waals surface area contributed by atoms with Crippen LogP contribution in [0.2, 0.25) is 0 Å². The van der Waals surface area contributed by atoms with Crippen molar-refractivity contribution >= 4 is 12.0 Å². The Balaban J connectivity index is 2.34. The number of urea groups is 1. The van der Waals surface area contributed by atoms with Crippen LogP contribution in [0.25, 0.3) is 0 Å². The number of benzene rings is 1. The van der Waals surface area contributed by atoms with Gasteiger partial charge in [0, 0.05) is 19.1 Å². The SMILES string of the molecule is CC(CN(C)C)NC(=O)NCCc1cccc(C(=O)O)c1. The fraction of sp³-hybridized carbons (Fsp3) is 0.467. The van der Waals surface area contributed by atoms with E-state index in [2.05, 4.69) is 10.6 Å². The summed E-state index contributed by atoms with van der Waals surface area (Å²) in [6.07, 6.45) is 0.594. The van der Waals surface area contributed by atoms with Crippen molar-refractivity contribution in [2.75, 3.05) is 27.2 Å². The van der Waals surface area contributed by atoms with Crippen molar-refractivity contribution in [3.05, 3.63) is 35.4 Å². The lowest BCUT2D eigenvalue weighted by Gasteiger charge is -2.18. The van der Waals surface area contributed by atoms with Gasteiger partial charge in [-0.3, -0.25) is 0 Å². The lowest BCUT2D eigenvalue weighted by Crippen LogP contribution is -2.45. The van der Waals surface area contributed by atoms with E-state index in [4.69, 9.17) is 5.11 Å². The van der Waals surface area contributed by atoms with Crippen molar-refractivity contribution in [3.8, 4) is 0 Å². The number of amides is 2. The Hall–Kier alpha value is -2.08. The zero-order chi connectivity index (χ0) is 15.8. The van der Waals surface area contributed by atoms with Gasteiger partial charge in [-0.05, 0) is 45.1 Å². The van der Waals surface area contributed by atoms with Crippen LogP contribution in [0.15, 0.2) is 24.3 Å². The first-order chi connectivity index (χ1) is 9.88. The van der Waals surface area contributed by atoms with Crippen LogP contribution in [0.3, 0.4) is 0 Å². The smallest absolute Gasteiger partial charge is 0.335 e. The monoisotopic (exact) mass is 293 g/mol. The molecule has 0 aliphatic rings. The first-order valence-electron chi connectivity index (χ1n) is 6.90. The minimum absolute atomic E-state index is 0.0651. The summed E-state index contributed by atoms with van der Waals surface area (Å²) in [6.45, 7) is 3.17. The molecule has 6 heteroatoms. The van der Waals surface area contributed by atoms with Crippen molar-refractivity contribution in [3.63, 3.8) is 0 Å². The molecule has 21 heavy (non-hydrogen) atoms. The van der Waals surface area contributed by atoms with E-state index in [1.165, 1.54) is 0 Å². The number of hydrogen-bond donors (Lipinski definition) is 3. The number of likely N-dealkylation sites (N-methyl/N-ethyl adjacent to an activating group) is 1. The summed E-state index contributed by atoms with van der Waals surface area (Å²) in [6, 6.07) is 6.58. The Bertz CT molecular complexity index is 489. The molecule has 3 N–H and O–H groups in total. The highest BCUT2D eigenvalue weighted by Gasteiger charge is 2.08. The van der Waals surface area contributed by atoms with Gasteiger partial charge < -0.3 is 20.6 Å². The van der Waals surface area contributed by atoms with Crippen LogP contribution in [-0.2, 0) is 6.42 Å². The Kier molecular flexibility index (Phi) is 6.68. The molecule has 0 saturated heterocycles. The molecule has 0 heterocycles. The highest BCUT2D eigenvalue weighted by atomic mass is 16.4. The van der Waals surface area contributed by atoms with E-state index in [9.17, 15) is 9.59 Å². The summed E-state index contributed by atoms with van der Waals surface area (Å²) in [7, 11) is 3.90. The second kappa shape index (κ2) is 8.26. The molecule has 0 saturated carbocycles. The molecule has 116 valence electrons. The molecule has 6 nitrogen and oxygen atoms in total. The molecule has 0 aliphatic carbocycles. The second-order valence-corrected chi connectivity index (χ2v) is 5.32. The van der Waals surface area contributed by atoms with E-state index in [-0.39, 0.29) is 17.6 Å². The Morgan fingerprint density at radius 1 is 1.33 bits per heavy atom. The first kappa shape index (κ1) is 17.0. The van der Waals surface area contributed by atoms with E-state index >= 15 is 0 Å². The van der Waals surface area contributed by atoms with E-state index in [0.717, 1.165) is 12.1 Å². The van der Waals surface area contributed by atoms with Crippen LogP contribution in [0.4, 0.5) is 4.79 Å². The van der Waals surface area contributed by atoms with Crippen LogP contribution in [-0.4, -0.2) is 55.2 Å². The average molecular weight is 293 g/mol. The van der Waals surface area contributed by atoms with Crippen LogP contribution in [0.1, 0.15) is 22.8 Å². The third-order valence-electron chi connectivity index (χ3n) is 2.89. The quantitative estimate of drug-likeness (QED) is 0.705. The van der Waals surface area contributed by atoms with Crippen molar-refractivity contribution in [2.45, 2.75) is 19.4 Å². The van der Waals surface area contributed by atoms with Gasteiger partial charge in [-0.25, -0.2) is 9.59 Å². The molecule has 1 atom stereocenters. The molecule has 0 aromatic heterocycles. The van der Waals surface area contributed by atoms with Crippen LogP contribution < -0.4 is 10.6 Å². The zero-order valence-corrected chi connectivity index (χ0v) is 12.7. The summed E-state index contributed by atoms with van der Waals surface area (Å²) in [5.74, 6) is -0.944. The van der Waals surface area contributed by atoms with Crippen molar-refractivity contribution < 1.29 is 14.7 Å². The lowest BCUT2D eigenvalue weighted by atomic mass is 10.1. The van der Waals surface area contributed by atoms with E-state index in [1.807, 2.05) is 32.0 Å². The molecule has 1 aromatic rings. The van der Waals surface area contributed by atoms with Gasteiger partial charge in [0.25, 0.3) is 0 Å². The Morgan fingerprint density at radius 3 is 2.67 bits per heavy atom. The fourth-order valence-corrected chi connectivity index (χ4v) is 2.05. The van der Waals surface area contributed by atoms with Crippen LogP contribution in [0.5, 0.6) is 0 Å². The summed E-state index contributed by atoms with van der Waals surface area (Å²) in [4.78, 5) is 24.5. The Morgan fingerprint density at radius 2 is 2.05 bits per heavy atom. The predicted octanol–water partition coefficient (Wildman–Crippen LogP) is 1.18. The van der Waals surface area contributed by atoms with Gasteiger partial charge in [-0.2, -0.15) is 0 Å². The van der Waals surface area contributed by atoms with Crippen LogP contribution in [0, 0.1) is 0 Å². The third kappa shape index (κ3) is 6.76. The summed E-state index contributed by atoms with van der Waals surface area (Å²) in [5.41, 5.74) is 1.15. The maximum Gasteiger partial charge on any atom is 0.335 e. The maximum absolute atomic E-state index is 11.7. The third-order valence-corrected chi connectivity index (χ3v) is 2.89. The molecule has 0 aliphatic heterocycles. The summed E-state index contributed by atoms with van der Waals surface area (Å²) >= 11 is 0. The van der Waals surface area contributed by atoms with Crippen molar-refractivity contribution in [1.29, 1.82) is 0 Å². The zero-order valence-electron chi connectivity index (χ0n) is 12.7. The average Bonchev–Trinajstić information content (AvgIpc) is 2.37. The number of carbonyl (C=O) groups excluding carboxylic acids is 1. The summed E-state index contributed by atoms with van der Waals surface area (Å²) < 4.78 is 0. The molecular weight excluding hydrogens is 270 g/mol. The number of aromatic carboxylic acids is 1. The van der Waals surface area contributed by atoms with Gasteiger partial charge in [0.1, 0.15) is 0 Å². The number of carboxylic acid groups (broad SMARTS) is 1. The highest BCUT2D eigenvalue weighted by molar-refractivity contribution is 5.87. The normalized spacial score (nSPS) is 12.0. The van der Waals surface area contributed by atoms with E-state index in [0.29, 0.717) is 13.0 Å². The number of nitrogens with zero attached hydrogens (tertiary/aromatic N) is 1. The molecule has 0 fully saturated rings. The number of carboxylic acids is 1. The van der Waals surface area contributed by atoms with Crippen LogP contribution >= 0.6 is 0 Å². The predicted molar refractivity (Wildman–Crippen MR) is 81.7 cm³/mol. The fourth-order valence-electron chi connectivity index (χ4n) is 2.05. The van der Waals surface area contributed by atoms with Gasteiger partial charge in [-0.1, -0.05) is 12.1 Å². The number of rotatable bonds is 7.